The SMILES string of the molecule is CC(C)(C)OC(=O)N[C@H]1CCCCCC=C=C[C@@H]2C[C@@]2(C(=O)O)NC(=O)[C@@H]2C[C@@H](OC(=O)N3Cc4cccc(Cl)c4C3)CN2C1=O. The molecular formula is C33H41ClN4O8. The first-order chi connectivity index (χ1) is 21.8. The Balaban J connectivity index is 1.38. The zero-order chi connectivity index (χ0) is 33.2. The van der Waals surface area contributed by atoms with Crippen LogP contribution in [0.5, 0.6) is 0 Å². The maximum atomic E-state index is 14.1. The number of hydrogen-bond donors (Lipinski definition) is 3. The number of halogens is 1. The maximum Gasteiger partial charge on any atom is 0.410 e. The average Bonchev–Trinajstić information content (AvgIpc) is 3.28. The van der Waals surface area contributed by atoms with E-state index in [1.165, 1.54) is 9.80 Å². The Bertz CT molecular complexity index is 1470. The Morgan fingerprint density at radius 1 is 1.15 bits per heavy atom. The predicted molar refractivity (Wildman–Crippen MR) is 167 cm³/mol. The summed E-state index contributed by atoms with van der Waals surface area (Å²) in [5.74, 6) is -2.84. The third-order valence-corrected chi connectivity index (χ3v) is 9.14. The highest BCUT2D eigenvalue weighted by atomic mass is 35.5. The lowest BCUT2D eigenvalue weighted by Gasteiger charge is -2.30. The van der Waals surface area contributed by atoms with E-state index in [9.17, 15) is 29.1 Å². The number of hydrogen-bond acceptors (Lipinski definition) is 7. The van der Waals surface area contributed by atoms with Crippen molar-refractivity contribution in [2.75, 3.05) is 6.54 Å². The molecule has 4 amide bonds. The second-order valence-electron chi connectivity index (χ2n) is 13.4. The molecule has 46 heavy (non-hydrogen) atoms. The Morgan fingerprint density at radius 3 is 2.65 bits per heavy atom. The van der Waals surface area contributed by atoms with Crippen molar-refractivity contribution < 1.29 is 38.6 Å². The molecule has 0 radical (unpaired) electrons. The molecule has 1 saturated carbocycles. The van der Waals surface area contributed by atoms with Gasteiger partial charge in [-0.2, -0.15) is 0 Å². The predicted octanol–water partition coefficient (Wildman–Crippen LogP) is 4.29. The second-order valence-corrected chi connectivity index (χ2v) is 13.8. The van der Waals surface area contributed by atoms with Crippen LogP contribution in [0.1, 0.15) is 76.8 Å². The summed E-state index contributed by atoms with van der Waals surface area (Å²) in [6.45, 7) is 5.60. The number of aliphatic carboxylic acids is 1. The van der Waals surface area contributed by atoms with Crippen molar-refractivity contribution in [2.45, 2.75) is 108 Å². The van der Waals surface area contributed by atoms with Crippen LogP contribution in [0.4, 0.5) is 9.59 Å². The Kier molecular flexibility index (Phi) is 9.70. The smallest absolute Gasteiger partial charge is 0.410 e. The molecule has 5 rings (SSSR count). The molecule has 0 bridgehead atoms. The van der Waals surface area contributed by atoms with Gasteiger partial charge in [0.25, 0.3) is 0 Å². The van der Waals surface area contributed by atoms with E-state index in [2.05, 4.69) is 16.4 Å². The highest BCUT2D eigenvalue weighted by Crippen LogP contribution is 2.45. The lowest BCUT2D eigenvalue weighted by molar-refractivity contribution is -0.145. The van der Waals surface area contributed by atoms with Gasteiger partial charge in [0, 0.05) is 23.9 Å². The highest BCUT2D eigenvalue weighted by Gasteiger charge is 2.61. The number of carboxylic acid groups (broad SMARTS) is 1. The fourth-order valence-electron chi connectivity index (χ4n) is 6.28. The molecule has 0 spiro atoms. The molecule has 5 atom stereocenters. The zero-order valence-electron chi connectivity index (χ0n) is 26.3. The van der Waals surface area contributed by atoms with E-state index in [1.807, 2.05) is 18.2 Å². The van der Waals surface area contributed by atoms with Crippen LogP contribution >= 0.6 is 11.6 Å². The maximum absolute atomic E-state index is 14.1. The molecule has 1 aromatic carbocycles. The minimum Gasteiger partial charge on any atom is -0.479 e. The first-order valence-corrected chi connectivity index (χ1v) is 16.1. The van der Waals surface area contributed by atoms with Crippen LogP contribution in [0, 0.1) is 5.92 Å². The van der Waals surface area contributed by atoms with E-state index in [-0.39, 0.29) is 25.9 Å². The Morgan fingerprint density at radius 2 is 1.93 bits per heavy atom. The van der Waals surface area contributed by atoms with Crippen LogP contribution in [0.3, 0.4) is 0 Å². The largest absolute Gasteiger partial charge is 0.479 e. The zero-order valence-corrected chi connectivity index (χ0v) is 27.1. The number of benzene rings is 1. The van der Waals surface area contributed by atoms with Crippen molar-refractivity contribution >= 4 is 41.6 Å². The average molecular weight is 657 g/mol. The summed E-state index contributed by atoms with van der Waals surface area (Å²) in [5, 5.41) is 16.0. The lowest BCUT2D eigenvalue weighted by atomic mass is 10.0. The molecule has 0 unspecified atom stereocenters. The highest BCUT2D eigenvalue weighted by molar-refractivity contribution is 6.31. The van der Waals surface area contributed by atoms with Crippen molar-refractivity contribution in [3.63, 3.8) is 0 Å². The molecule has 248 valence electrons. The van der Waals surface area contributed by atoms with Crippen LogP contribution in [0.25, 0.3) is 0 Å². The summed E-state index contributed by atoms with van der Waals surface area (Å²) in [5.41, 5.74) is 2.48. The van der Waals surface area contributed by atoms with Gasteiger partial charge in [-0.3, -0.25) is 14.5 Å². The van der Waals surface area contributed by atoms with Gasteiger partial charge in [-0.1, -0.05) is 36.6 Å². The Labute approximate surface area is 273 Å². The third kappa shape index (κ3) is 7.50. The number of amides is 4. The van der Waals surface area contributed by atoms with Gasteiger partial charge in [-0.15, -0.1) is 5.73 Å². The normalized spacial score (nSPS) is 28.1. The molecule has 1 aromatic rings. The van der Waals surface area contributed by atoms with Crippen molar-refractivity contribution in [1.82, 2.24) is 20.4 Å². The lowest BCUT2D eigenvalue weighted by Crippen LogP contribution is -2.56. The molecule has 3 N–H and O–H groups in total. The molecule has 1 aliphatic carbocycles. The topological polar surface area (TPSA) is 155 Å². The number of nitrogens with zero attached hydrogens (tertiary/aromatic N) is 2. The quantitative estimate of drug-likeness (QED) is 0.407. The fourth-order valence-corrected chi connectivity index (χ4v) is 6.54. The fraction of sp³-hybridized carbons (Fsp3) is 0.576. The van der Waals surface area contributed by atoms with Gasteiger partial charge in [-0.05, 0) is 75.8 Å². The van der Waals surface area contributed by atoms with E-state index in [4.69, 9.17) is 21.1 Å². The van der Waals surface area contributed by atoms with Crippen molar-refractivity contribution in [3.05, 3.63) is 52.2 Å². The van der Waals surface area contributed by atoms with E-state index < -0.39 is 65.2 Å². The van der Waals surface area contributed by atoms with Crippen LogP contribution in [-0.2, 0) is 36.9 Å². The summed E-state index contributed by atoms with van der Waals surface area (Å²) >= 11 is 6.32. The number of ether oxygens (including phenoxy) is 2. The first kappa shape index (κ1) is 33.3. The number of carbonyl (C=O) groups is 5. The minimum atomic E-state index is -1.52. The van der Waals surface area contributed by atoms with E-state index in [0.717, 1.165) is 24.0 Å². The van der Waals surface area contributed by atoms with E-state index >= 15 is 0 Å². The van der Waals surface area contributed by atoms with E-state index in [0.29, 0.717) is 30.8 Å². The first-order valence-electron chi connectivity index (χ1n) is 15.8. The standard InChI is InChI=1S/C33H41ClN4O8/c1-32(2,3)46-30(43)35-25-14-9-7-5-4-6-8-12-21-16-33(21,29(41)42)36-27(39)26-15-22(18-38(26)28(25)40)45-31(44)37-17-20-11-10-13-24(34)23(20)19-37/h6,10-13,21-22,25-26H,4-5,7,9,14-19H2,1-3H3,(H,35,43)(H,36,39)(H,41,42)/t8?,21-,22-,25+,26+,33-/m1/s1. The summed E-state index contributed by atoms with van der Waals surface area (Å²) < 4.78 is 11.3. The molecule has 0 aromatic heterocycles. The second kappa shape index (κ2) is 13.4. The number of nitrogens with one attached hydrogen (secondary N) is 2. The Hall–Kier alpha value is -4.02. The van der Waals surface area contributed by atoms with Crippen LogP contribution in [0.2, 0.25) is 5.02 Å². The van der Waals surface area contributed by atoms with Gasteiger partial charge in [0.05, 0.1) is 13.1 Å². The number of carbonyl (C=O) groups excluding carboxylic acids is 4. The monoisotopic (exact) mass is 656 g/mol. The molecule has 13 heteroatoms. The molecule has 3 heterocycles. The third-order valence-electron chi connectivity index (χ3n) is 8.79. The summed E-state index contributed by atoms with van der Waals surface area (Å²) in [6, 6.07) is 3.30. The number of alkyl carbamates (subject to hydrolysis) is 1. The van der Waals surface area contributed by atoms with Gasteiger partial charge >= 0.3 is 18.2 Å². The molecule has 12 nitrogen and oxygen atoms in total. The van der Waals surface area contributed by atoms with Crippen molar-refractivity contribution in [1.29, 1.82) is 0 Å². The van der Waals surface area contributed by atoms with Crippen LogP contribution in [0.15, 0.2) is 36.1 Å². The van der Waals surface area contributed by atoms with Gasteiger partial charge in [0.1, 0.15) is 29.3 Å². The molecule has 1 saturated heterocycles. The molecule has 4 aliphatic rings. The minimum absolute atomic E-state index is 0.0415. The van der Waals surface area contributed by atoms with Gasteiger partial charge in [0.15, 0.2) is 0 Å². The molecular weight excluding hydrogens is 616 g/mol. The summed E-state index contributed by atoms with van der Waals surface area (Å²) in [7, 11) is 0. The van der Waals surface area contributed by atoms with Crippen molar-refractivity contribution in [2.24, 2.45) is 5.92 Å². The van der Waals surface area contributed by atoms with Crippen LogP contribution < -0.4 is 10.6 Å². The van der Waals surface area contributed by atoms with E-state index in [1.54, 1.807) is 32.9 Å². The number of fused-ring (bicyclic) bond motifs is 3. The van der Waals surface area contributed by atoms with Gasteiger partial charge < -0.3 is 30.1 Å². The van der Waals surface area contributed by atoms with Crippen molar-refractivity contribution in [3.8, 4) is 0 Å². The summed E-state index contributed by atoms with van der Waals surface area (Å²) in [6.07, 6.45) is 4.63. The summed E-state index contributed by atoms with van der Waals surface area (Å²) in [4.78, 5) is 69.1. The number of rotatable bonds is 3. The molecule has 2 fully saturated rings. The van der Waals surface area contributed by atoms with Gasteiger partial charge in [-0.25, -0.2) is 14.4 Å². The van der Waals surface area contributed by atoms with Crippen LogP contribution in [-0.4, -0.2) is 80.7 Å². The van der Waals surface area contributed by atoms with Gasteiger partial charge in [0.2, 0.25) is 11.8 Å². The molecule has 3 aliphatic heterocycles. The number of carboxylic acids is 1.